The summed E-state index contributed by atoms with van der Waals surface area (Å²) in [6, 6.07) is 3.12. The topological polar surface area (TPSA) is 18.5 Å². The molecule has 0 bridgehead atoms. The number of ether oxygens (including phenoxy) is 2. The first kappa shape index (κ1) is 19.2. The van der Waals surface area contributed by atoms with Crippen LogP contribution in [0.25, 0.3) is 0 Å². The van der Waals surface area contributed by atoms with E-state index in [-0.39, 0.29) is 17.8 Å². The Kier molecular flexibility index (Phi) is 7.47. The van der Waals surface area contributed by atoms with E-state index in [1.54, 1.807) is 6.07 Å². The molecule has 1 fully saturated rings. The zero-order chi connectivity index (χ0) is 17.5. The van der Waals surface area contributed by atoms with Crippen molar-refractivity contribution in [2.75, 3.05) is 13.7 Å². The van der Waals surface area contributed by atoms with E-state index in [0.29, 0.717) is 12.2 Å². The van der Waals surface area contributed by atoms with E-state index in [9.17, 15) is 8.78 Å². The predicted octanol–water partition coefficient (Wildman–Crippen LogP) is 5.84. The molecule has 1 aliphatic rings. The van der Waals surface area contributed by atoms with E-state index in [2.05, 4.69) is 13.8 Å². The zero-order valence-electron chi connectivity index (χ0n) is 15.1. The molecule has 0 amide bonds. The van der Waals surface area contributed by atoms with E-state index in [4.69, 9.17) is 9.47 Å². The van der Waals surface area contributed by atoms with Crippen molar-refractivity contribution in [3.05, 3.63) is 29.3 Å². The van der Waals surface area contributed by atoms with Gasteiger partial charge in [0.25, 0.3) is 0 Å². The van der Waals surface area contributed by atoms with Crippen molar-refractivity contribution in [3.63, 3.8) is 0 Å². The Labute approximate surface area is 144 Å². The SMILES string of the molecule is CCCC(C)CCCC1CCC(c2ccc(OC)c(F)c2F)CO1. The summed E-state index contributed by atoms with van der Waals surface area (Å²) in [6.07, 6.45) is 8.05. The fourth-order valence-electron chi connectivity index (χ4n) is 3.63. The molecular weight excluding hydrogens is 310 g/mol. The van der Waals surface area contributed by atoms with Gasteiger partial charge < -0.3 is 9.47 Å². The lowest BCUT2D eigenvalue weighted by molar-refractivity contribution is -0.00329. The number of hydrogen-bond acceptors (Lipinski definition) is 2. The van der Waals surface area contributed by atoms with Crippen molar-refractivity contribution in [1.29, 1.82) is 0 Å². The second-order valence-electron chi connectivity index (χ2n) is 7.04. The van der Waals surface area contributed by atoms with Crippen molar-refractivity contribution in [3.8, 4) is 5.75 Å². The minimum atomic E-state index is -0.901. The van der Waals surface area contributed by atoms with E-state index in [1.165, 1.54) is 38.9 Å². The molecule has 0 N–H and O–H groups in total. The Morgan fingerprint density at radius 1 is 1.21 bits per heavy atom. The fraction of sp³-hybridized carbons (Fsp3) is 0.700. The van der Waals surface area contributed by atoms with Crippen LogP contribution in [-0.4, -0.2) is 19.8 Å². The molecule has 1 saturated heterocycles. The molecular formula is C20H30F2O2. The third-order valence-electron chi connectivity index (χ3n) is 5.11. The second kappa shape index (κ2) is 9.36. The van der Waals surface area contributed by atoms with Gasteiger partial charge in [-0.15, -0.1) is 0 Å². The van der Waals surface area contributed by atoms with Gasteiger partial charge in [0.2, 0.25) is 5.82 Å². The van der Waals surface area contributed by atoms with E-state index in [1.807, 2.05) is 0 Å². The molecule has 0 radical (unpaired) electrons. The molecule has 0 aliphatic carbocycles. The van der Waals surface area contributed by atoms with E-state index in [0.717, 1.165) is 25.2 Å². The molecule has 0 spiro atoms. The molecule has 2 nitrogen and oxygen atoms in total. The lowest BCUT2D eigenvalue weighted by Gasteiger charge is -2.30. The maximum absolute atomic E-state index is 14.2. The summed E-state index contributed by atoms with van der Waals surface area (Å²) >= 11 is 0. The van der Waals surface area contributed by atoms with Crippen LogP contribution in [0.4, 0.5) is 8.78 Å². The fourth-order valence-corrected chi connectivity index (χ4v) is 3.63. The van der Waals surface area contributed by atoms with Crippen molar-refractivity contribution in [1.82, 2.24) is 0 Å². The Balaban J connectivity index is 1.82. The summed E-state index contributed by atoms with van der Waals surface area (Å²) in [5.41, 5.74) is 0.406. The van der Waals surface area contributed by atoms with Gasteiger partial charge >= 0.3 is 0 Å². The molecule has 1 aliphatic heterocycles. The van der Waals surface area contributed by atoms with Crippen LogP contribution in [0.1, 0.15) is 70.3 Å². The number of benzene rings is 1. The highest BCUT2D eigenvalue weighted by Crippen LogP contribution is 2.34. The molecule has 136 valence electrons. The summed E-state index contributed by atoms with van der Waals surface area (Å²) in [7, 11) is 1.34. The molecule has 24 heavy (non-hydrogen) atoms. The van der Waals surface area contributed by atoms with Crippen molar-refractivity contribution in [2.45, 2.75) is 70.8 Å². The summed E-state index contributed by atoms with van der Waals surface area (Å²) in [5, 5.41) is 0. The van der Waals surface area contributed by atoms with Gasteiger partial charge in [-0.25, -0.2) is 4.39 Å². The summed E-state index contributed by atoms with van der Waals surface area (Å²) in [4.78, 5) is 0. The first-order valence-electron chi connectivity index (χ1n) is 9.20. The van der Waals surface area contributed by atoms with Gasteiger partial charge in [0.1, 0.15) is 0 Å². The average Bonchev–Trinajstić information content (AvgIpc) is 2.58. The Morgan fingerprint density at radius 3 is 2.62 bits per heavy atom. The lowest BCUT2D eigenvalue weighted by Crippen LogP contribution is -2.25. The minimum Gasteiger partial charge on any atom is -0.494 e. The first-order chi connectivity index (χ1) is 11.6. The molecule has 1 aromatic rings. The zero-order valence-corrected chi connectivity index (χ0v) is 15.1. The summed E-state index contributed by atoms with van der Waals surface area (Å²) in [6.45, 7) is 5.00. The van der Waals surface area contributed by atoms with Gasteiger partial charge in [-0.1, -0.05) is 45.6 Å². The van der Waals surface area contributed by atoms with Crippen molar-refractivity contribution >= 4 is 0 Å². The quantitative estimate of drug-likeness (QED) is 0.591. The van der Waals surface area contributed by atoms with Gasteiger partial charge in [-0.2, -0.15) is 4.39 Å². The smallest absolute Gasteiger partial charge is 0.200 e. The van der Waals surface area contributed by atoms with Gasteiger partial charge in [-0.3, -0.25) is 0 Å². The summed E-state index contributed by atoms with van der Waals surface area (Å²) in [5.74, 6) is -1.03. The van der Waals surface area contributed by atoms with Crippen LogP contribution in [0.3, 0.4) is 0 Å². The van der Waals surface area contributed by atoms with Gasteiger partial charge in [0.15, 0.2) is 11.6 Å². The molecule has 4 heteroatoms. The summed E-state index contributed by atoms with van der Waals surface area (Å²) < 4.78 is 38.8. The number of halogens is 2. The van der Waals surface area contributed by atoms with E-state index < -0.39 is 11.6 Å². The maximum Gasteiger partial charge on any atom is 0.200 e. The molecule has 0 aromatic heterocycles. The van der Waals surface area contributed by atoms with Crippen molar-refractivity contribution < 1.29 is 18.3 Å². The van der Waals surface area contributed by atoms with Crippen LogP contribution in [-0.2, 0) is 4.74 Å². The second-order valence-corrected chi connectivity index (χ2v) is 7.04. The maximum atomic E-state index is 14.2. The van der Waals surface area contributed by atoms with Crippen LogP contribution >= 0.6 is 0 Å². The first-order valence-corrected chi connectivity index (χ1v) is 9.20. The minimum absolute atomic E-state index is 0.0490. The standard InChI is InChI=1S/C20H30F2O2/c1-4-6-14(2)7-5-8-16-10-9-15(13-24-16)17-11-12-18(23-3)20(22)19(17)21/h11-12,14-16H,4-10,13H2,1-3H3. The Hall–Kier alpha value is -1.16. The van der Waals surface area contributed by atoms with Crippen LogP contribution < -0.4 is 4.74 Å². The molecule has 1 aromatic carbocycles. The Bertz CT molecular complexity index is 511. The van der Waals surface area contributed by atoms with Crippen LogP contribution in [0.5, 0.6) is 5.75 Å². The monoisotopic (exact) mass is 340 g/mol. The number of hydrogen-bond donors (Lipinski definition) is 0. The molecule has 1 heterocycles. The lowest BCUT2D eigenvalue weighted by atomic mass is 9.89. The Morgan fingerprint density at radius 2 is 2.00 bits per heavy atom. The molecule has 2 rings (SSSR count). The average molecular weight is 340 g/mol. The van der Waals surface area contributed by atoms with Gasteiger partial charge in [0.05, 0.1) is 19.8 Å². The normalized spacial score (nSPS) is 22.4. The number of methoxy groups -OCH3 is 1. The van der Waals surface area contributed by atoms with Crippen LogP contribution in [0.15, 0.2) is 12.1 Å². The molecule has 0 saturated carbocycles. The van der Waals surface area contributed by atoms with Crippen molar-refractivity contribution in [2.24, 2.45) is 5.92 Å². The van der Waals surface area contributed by atoms with Gasteiger partial charge in [-0.05, 0) is 36.8 Å². The van der Waals surface area contributed by atoms with Crippen LogP contribution in [0, 0.1) is 17.6 Å². The third kappa shape index (κ3) is 4.92. The highest BCUT2D eigenvalue weighted by Gasteiger charge is 2.27. The van der Waals surface area contributed by atoms with Crippen LogP contribution in [0.2, 0.25) is 0 Å². The van der Waals surface area contributed by atoms with E-state index >= 15 is 0 Å². The highest BCUT2D eigenvalue weighted by atomic mass is 19.2. The largest absolute Gasteiger partial charge is 0.494 e. The third-order valence-corrected chi connectivity index (χ3v) is 5.11. The molecule has 3 atom stereocenters. The highest BCUT2D eigenvalue weighted by molar-refractivity contribution is 5.33. The molecule has 3 unspecified atom stereocenters. The van der Waals surface area contributed by atoms with Gasteiger partial charge in [0, 0.05) is 5.92 Å². The predicted molar refractivity (Wildman–Crippen MR) is 92.5 cm³/mol. The number of rotatable bonds is 8.